The molecule has 2 rings (SSSR count). The average Bonchev–Trinajstić information content (AvgIpc) is 2.54. The number of carbonyl (C=O) groups excluding carboxylic acids is 1. The van der Waals surface area contributed by atoms with Gasteiger partial charge in [0, 0.05) is 35.1 Å². The van der Waals surface area contributed by atoms with E-state index in [0.717, 1.165) is 36.2 Å². The molecule has 2 N–H and O–H groups in total. The Morgan fingerprint density at radius 2 is 2.04 bits per heavy atom. The van der Waals surface area contributed by atoms with E-state index in [1.54, 1.807) is 12.1 Å². The lowest BCUT2D eigenvalue weighted by atomic mass is 10.1. The van der Waals surface area contributed by atoms with E-state index < -0.39 is 0 Å². The number of aryl methyl sites for hydroxylation is 2. The number of aromatic amines is 1. The number of aromatic nitrogens is 2. The van der Waals surface area contributed by atoms with E-state index >= 15 is 0 Å². The van der Waals surface area contributed by atoms with E-state index in [1.807, 2.05) is 19.9 Å². The summed E-state index contributed by atoms with van der Waals surface area (Å²) in [5.41, 5.74) is 3.61. The summed E-state index contributed by atoms with van der Waals surface area (Å²) in [4.78, 5) is 31.1. The summed E-state index contributed by atoms with van der Waals surface area (Å²) in [6, 6.07) is 6.82. The molecule has 5 heteroatoms. The molecule has 0 aromatic carbocycles. The fourth-order valence-corrected chi connectivity index (χ4v) is 2.37. The lowest BCUT2D eigenvalue weighted by Crippen LogP contribution is -2.24. The molecule has 2 heterocycles. The van der Waals surface area contributed by atoms with Crippen molar-refractivity contribution in [1.29, 1.82) is 0 Å². The highest BCUT2D eigenvalue weighted by Crippen LogP contribution is 2.21. The minimum atomic E-state index is -0.143. The number of amides is 1. The summed E-state index contributed by atoms with van der Waals surface area (Å²) in [5.74, 6) is -0.0844. The topological polar surface area (TPSA) is 74.8 Å². The van der Waals surface area contributed by atoms with Gasteiger partial charge in [-0.15, -0.1) is 0 Å². The predicted molar refractivity (Wildman–Crippen MR) is 91.6 cm³/mol. The number of nitrogens with zero attached hydrogens (tertiary/aromatic N) is 1. The zero-order valence-electron chi connectivity index (χ0n) is 13.9. The van der Waals surface area contributed by atoms with Gasteiger partial charge >= 0.3 is 0 Å². The normalized spacial score (nSPS) is 10.6. The molecule has 2 aromatic rings. The molecule has 0 radical (unpaired) electrons. The summed E-state index contributed by atoms with van der Waals surface area (Å²) in [6.45, 7) is 6.60. The van der Waals surface area contributed by atoms with Crippen molar-refractivity contribution in [3.8, 4) is 11.3 Å². The largest absolute Gasteiger partial charge is 0.352 e. The second-order valence-electron chi connectivity index (χ2n) is 5.56. The fraction of sp³-hybridized carbons (Fsp3) is 0.389. The van der Waals surface area contributed by atoms with Gasteiger partial charge in [-0.1, -0.05) is 20.3 Å². The standard InChI is InChI=1S/C18H23N3O2/c1-4-6-9-19-18(23)13-10-14(5-2)21-16(11-13)15-7-8-17(22)20-12(15)3/h7-8,10-11H,4-6,9H2,1-3H3,(H,19,23)(H,20,22). The van der Waals surface area contributed by atoms with Gasteiger partial charge in [-0.2, -0.15) is 0 Å². The number of pyridine rings is 2. The van der Waals surface area contributed by atoms with Crippen LogP contribution in [-0.2, 0) is 6.42 Å². The van der Waals surface area contributed by atoms with E-state index in [9.17, 15) is 9.59 Å². The Labute approximate surface area is 136 Å². The van der Waals surface area contributed by atoms with Gasteiger partial charge in [0.2, 0.25) is 5.56 Å². The number of unbranched alkanes of at least 4 members (excludes halogenated alkanes) is 1. The molecule has 0 unspecified atom stereocenters. The van der Waals surface area contributed by atoms with Crippen LogP contribution in [0, 0.1) is 6.92 Å². The van der Waals surface area contributed by atoms with E-state index in [0.29, 0.717) is 17.8 Å². The van der Waals surface area contributed by atoms with Crippen molar-refractivity contribution in [2.45, 2.75) is 40.0 Å². The van der Waals surface area contributed by atoms with Gasteiger partial charge in [0.25, 0.3) is 5.91 Å². The third kappa shape index (κ3) is 4.28. The molecule has 122 valence electrons. The van der Waals surface area contributed by atoms with E-state index in [2.05, 4.69) is 22.2 Å². The molecular formula is C18H23N3O2. The minimum Gasteiger partial charge on any atom is -0.352 e. The van der Waals surface area contributed by atoms with Crippen LogP contribution in [0.15, 0.2) is 29.1 Å². The van der Waals surface area contributed by atoms with Crippen LogP contribution in [0.5, 0.6) is 0 Å². The number of hydrogen-bond donors (Lipinski definition) is 2. The summed E-state index contributed by atoms with van der Waals surface area (Å²) < 4.78 is 0. The Balaban J connectivity index is 2.39. The number of hydrogen-bond acceptors (Lipinski definition) is 3. The highest BCUT2D eigenvalue weighted by atomic mass is 16.1. The number of nitrogens with one attached hydrogen (secondary N) is 2. The first-order valence-corrected chi connectivity index (χ1v) is 8.04. The van der Waals surface area contributed by atoms with Gasteiger partial charge in [0.15, 0.2) is 0 Å². The second kappa shape index (κ2) is 7.72. The highest BCUT2D eigenvalue weighted by Gasteiger charge is 2.12. The van der Waals surface area contributed by atoms with Gasteiger partial charge in [-0.3, -0.25) is 14.6 Å². The van der Waals surface area contributed by atoms with Gasteiger partial charge in [-0.05, 0) is 38.0 Å². The van der Waals surface area contributed by atoms with Gasteiger partial charge in [0.1, 0.15) is 0 Å². The second-order valence-corrected chi connectivity index (χ2v) is 5.56. The van der Waals surface area contributed by atoms with Crippen LogP contribution in [0.3, 0.4) is 0 Å². The molecular weight excluding hydrogens is 290 g/mol. The first kappa shape index (κ1) is 16.9. The number of carbonyl (C=O) groups is 1. The quantitative estimate of drug-likeness (QED) is 0.805. The Bertz CT molecular complexity index is 750. The maximum absolute atomic E-state index is 12.3. The molecule has 0 aliphatic rings. The molecule has 2 aromatic heterocycles. The zero-order valence-corrected chi connectivity index (χ0v) is 13.9. The van der Waals surface area contributed by atoms with Crippen LogP contribution in [0.2, 0.25) is 0 Å². The number of H-pyrrole nitrogens is 1. The zero-order chi connectivity index (χ0) is 16.8. The third-order valence-corrected chi connectivity index (χ3v) is 3.71. The number of rotatable bonds is 6. The molecule has 0 fully saturated rings. The Morgan fingerprint density at radius 1 is 1.26 bits per heavy atom. The molecule has 0 saturated heterocycles. The monoisotopic (exact) mass is 313 g/mol. The maximum atomic E-state index is 12.3. The van der Waals surface area contributed by atoms with Gasteiger partial charge in [-0.25, -0.2) is 0 Å². The summed E-state index contributed by atoms with van der Waals surface area (Å²) >= 11 is 0. The smallest absolute Gasteiger partial charge is 0.251 e. The van der Waals surface area contributed by atoms with Crippen LogP contribution in [0.25, 0.3) is 11.3 Å². The van der Waals surface area contributed by atoms with Gasteiger partial charge < -0.3 is 10.3 Å². The molecule has 0 bridgehead atoms. The van der Waals surface area contributed by atoms with Crippen LogP contribution in [0.1, 0.15) is 48.4 Å². The summed E-state index contributed by atoms with van der Waals surface area (Å²) in [6.07, 6.45) is 2.74. The predicted octanol–water partition coefficient (Wildman–Crippen LogP) is 2.84. The van der Waals surface area contributed by atoms with Crippen molar-refractivity contribution < 1.29 is 4.79 Å². The third-order valence-electron chi connectivity index (χ3n) is 3.71. The maximum Gasteiger partial charge on any atom is 0.251 e. The van der Waals surface area contributed by atoms with E-state index in [-0.39, 0.29) is 11.5 Å². The molecule has 0 aliphatic heterocycles. The first-order chi connectivity index (χ1) is 11.0. The van der Waals surface area contributed by atoms with Crippen LogP contribution in [-0.4, -0.2) is 22.4 Å². The lowest BCUT2D eigenvalue weighted by Gasteiger charge is -2.10. The molecule has 23 heavy (non-hydrogen) atoms. The molecule has 0 atom stereocenters. The molecule has 0 aliphatic carbocycles. The van der Waals surface area contributed by atoms with Crippen LogP contribution < -0.4 is 10.9 Å². The Morgan fingerprint density at radius 3 is 2.70 bits per heavy atom. The lowest BCUT2D eigenvalue weighted by molar-refractivity contribution is 0.0953. The Kier molecular flexibility index (Phi) is 5.68. The van der Waals surface area contributed by atoms with Crippen molar-refractivity contribution in [3.63, 3.8) is 0 Å². The van der Waals surface area contributed by atoms with Crippen LogP contribution in [0.4, 0.5) is 0 Å². The van der Waals surface area contributed by atoms with Crippen molar-refractivity contribution in [2.24, 2.45) is 0 Å². The van der Waals surface area contributed by atoms with Crippen molar-refractivity contribution in [1.82, 2.24) is 15.3 Å². The Hall–Kier alpha value is -2.43. The van der Waals surface area contributed by atoms with E-state index in [4.69, 9.17) is 0 Å². The first-order valence-electron chi connectivity index (χ1n) is 8.04. The average molecular weight is 313 g/mol. The summed E-state index contributed by atoms with van der Waals surface area (Å²) in [7, 11) is 0. The molecule has 5 nitrogen and oxygen atoms in total. The van der Waals surface area contributed by atoms with Crippen molar-refractivity contribution in [2.75, 3.05) is 6.54 Å². The van der Waals surface area contributed by atoms with Crippen LogP contribution >= 0.6 is 0 Å². The molecule has 1 amide bonds. The molecule has 0 spiro atoms. The van der Waals surface area contributed by atoms with E-state index in [1.165, 1.54) is 6.07 Å². The fourth-order valence-electron chi connectivity index (χ4n) is 2.37. The van der Waals surface area contributed by atoms with Crippen molar-refractivity contribution >= 4 is 5.91 Å². The molecule has 0 saturated carbocycles. The SMILES string of the molecule is CCCCNC(=O)c1cc(CC)nc(-c2ccc(=O)[nH]c2C)c1. The minimum absolute atomic E-state index is 0.0844. The van der Waals surface area contributed by atoms with Crippen molar-refractivity contribution in [3.05, 3.63) is 51.6 Å². The highest BCUT2D eigenvalue weighted by molar-refractivity contribution is 5.95. The summed E-state index contributed by atoms with van der Waals surface area (Å²) in [5, 5.41) is 2.93. The van der Waals surface area contributed by atoms with Gasteiger partial charge in [0.05, 0.1) is 5.69 Å².